The topological polar surface area (TPSA) is 49.3 Å². The molecule has 0 bridgehead atoms. The number of carbonyl (C=O) groups excluding carboxylic acids is 1. The molecule has 3 nitrogen and oxygen atoms in total. The zero-order valence-electron chi connectivity index (χ0n) is 12.0. The van der Waals surface area contributed by atoms with Crippen molar-refractivity contribution in [3.05, 3.63) is 0 Å². The van der Waals surface area contributed by atoms with E-state index in [4.69, 9.17) is 5.11 Å². The molecule has 1 unspecified atom stereocenters. The van der Waals surface area contributed by atoms with Crippen molar-refractivity contribution in [3.63, 3.8) is 0 Å². The van der Waals surface area contributed by atoms with Gasteiger partial charge < -0.3 is 10.4 Å². The van der Waals surface area contributed by atoms with Crippen LogP contribution in [-0.4, -0.2) is 24.2 Å². The highest BCUT2D eigenvalue weighted by Crippen LogP contribution is 2.41. The molecule has 0 aromatic heterocycles. The Kier molecular flexibility index (Phi) is 6.69. The van der Waals surface area contributed by atoms with Crippen molar-refractivity contribution in [2.75, 3.05) is 13.2 Å². The number of nitrogens with one attached hydrogen (secondary N) is 1. The molecule has 18 heavy (non-hydrogen) atoms. The summed E-state index contributed by atoms with van der Waals surface area (Å²) in [7, 11) is 0. The number of rotatable bonds is 8. The summed E-state index contributed by atoms with van der Waals surface area (Å²) < 4.78 is 0. The van der Waals surface area contributed by atoms with Gasteiger partial charge in [0.15, 0.2) is 0 Å². The molecular weight excluding hydrogens is 226 g/mol. The van der Waals surface area contributed by atoms with Gasteiger partial charge in [-0.05, 0) is 38.0 Å². The Morgan fingerprint density at radius 2 is 1.94 bits per heavy atom. The highest BCUT2D eigenvalue weighted by atomic mass is 16.3. The quantitative estimate of drug-likeness (QED) is 0.700. The van der Waals surface area contributed by atoms with E-state index >= 15 is 0 Å². The minimum absolute atomic E-state index is 0.0873. The fourth-order valence-corrected chi connectivity index (χ4v) is 3.16. The first-order valence-corrected chi connectivity index (χ1v) is 7.57. The summed E-state index contributed by atoms with van der Waals surface area (Å²) in [5.41, 5.74) is -0.0873. The molecule has 1 fully saturated rings. The number of hydrogen-bond donors (Lipinski definition) is 2. The summed E-state index contributed by atoms with van der Waals surface area (Å²) in [6.45, 7) is 5.23. The van der Waals surface area contributed by atoms with Gasteiger partial charge in [-0.15, -0.1) is 0 Å². The molecule has 1 amide bonds. The molecular formula is C15H29NO2. The average molecular weight is 255 g/mol. The third-order valence-corrected chi connectivity index (χ3v) is 4.50. The molecule has 0 heterocycles. The van der Waals surface area contributed by atoms with Crippen LogP contribution in [0.2, 0.25) is 0 Å². The van der Waals surface area contributed by atoms with E-state index in [2.05, 4.69) is 19.2 Å². The van der Waals surface area contributed by atoms with Gasteiger partial charge in [0.2, 0.25) is 5.91 Å². The fourth-order valence-electron chi connectivity index (χ4n) is 3.16. The van der Waals surface area contributed by atoms with Crippen molar-refractivity contribution in [2.45, 2.75) is 65.2 Å². The van der Waals surface area contributed by atoms with E-state index in [0.29, 0.717) is 5.92 Å². The van der Waals surface area contributed by atoms with Crippen molar-refractivity contribution < 1.29 is 9.90 Å². The maximum atomic E-state index is 12.3. The van der Waals surface area contributed by atoms with Crippen LogP contribution in [0.5, 0.6) is 0 Å². The molecule has 1 atom stereocenters. The zero-order chi connectivity index (χ0) is 13.4. The van der Waals surface area contributed by atoms with Crippen LogP contribution in [0.1, 0.15) is 65.2 Å². The SMILES string of the molecule is CCCC(CCO)CNC(=O)C1(CC)CCCC1. The highest BCUT2D eigenvalue weighted by molar-refractivity contribution is 5.82. The molecule has 0 aliphatic heterocycles. The molecule has 1 aliphatic carbocycles. The number of hydrogen-bond acceptors (Lipinski definition) is 2. The Labute approximate surface area is 111 Å². The Balaban J connectivity index is 2.42. The largest absolute Gasteiger partial charge is 0.396 e. The van der Waals surface area contributed by atoms with Gasteiger partial charge in [0.1, 0.15) is 0 Å². The lowest BCUT2D eigenvalue weighted by Gasteiger charge is -2.27. The number of aliphatic hydroxyl groups is 1. The molecule has 0 aromatic rings. The van der Waals surface area contributed by atoms with Crippen LogP contribution >= 0.6 is 0 Å². The zero-order valence-corrected chi connectivity index (χ0v) is 12.0. The normalized spacial score (nSPS) is 19.7. The van der Waals surface area contributed by atoms with Crippen molar-refractivity contribution in [1.82, 2.24) is 5.32 Å². The van der Waals surface area contributed by atoms with E-state index in [0.717, 1.165) is 45.1 Å². The maximum Gasteiger partial charge on any atom is 0.226 e. The summed E-state index contributed by atoms with van der Waals surface area (Å²) >= 11 is 0. The van der Waals surface area contributed by atoms with Gasteiger partial charge in [-0.2, -0.15) is 0 Å². The van der Waals surface area contributed by atoms with Gasteiger partial charge >= 0.3 is 0 Å². The third kappa shape index (κ3) is 3.98. The van der Waals surface area contributed by atoms with Crippen LogP contribution in [0.4, 0.5) is 0 Å². The molecule has 3 heteroatoms. The molecule has 1 saturated carbocycles. The number of amides is 1. The molecule has 0 radical (unpaired) electrons. The molecule has 1 aliphatic rings. The van der Waals surface area contributed by atoms with Crippen molar-refractivity contribution in [3.8, 4) is 0 Å². The number of carbonyl (C=O) groups is 1. The second-order valence-electron chi connectivity index (χ2n) is 5.72. The highest BCUT2D eigenvalue weighted by Gasteiger charge is 2.39. The first kappa shape index (κ1) is 15.5. The summed E-state index contributed by atoms with van der Waals surface area (Å²) in [5, 5.41) is 12.2. The van der Waals surface area contributed by atoms with E-state index in [1.165, 1.54) is 12.8 Å². The lowest BCUT2D eigenvalue weighted by atomic mass is 9.82. The van der Waals surface area contributed by atoms with E-state index in [9.17, 15) is 4.79 Å². The van der Waals surface area contributed by atoms with Gasteiger partial charge in [0, 0.05) is 18.6 Å². The predicted octanol–water partition coefficient (Wildman–Crippen LogP) is 2.87. The van der Waals surface area contributed by atoms with E-state index in [-0.39, 0.29) is 17.9 Å². The van der Waals surface area contributed by atoms with E-state index in [1.807, 2.05) is 0 Å². The molecule has 106 valence electrons. The summed E-state index contributed by atoms with van der Waals surface area (Å²) in [5.74, 6) is 0.681. The minimum Gasteiger partial charge on any atom is -0.396 e. The van der Waals surface area contributed by atoms with Gasteiger partial charge in [-0.1, -0.05) is 33.1 Å². The first-order valence-electron chi connectivity index (χ1n) is 7.57. The van der Waals surface area contributed by atoms with Crippen LogP contribution in [-0.2, 0) is 4.79 Å². The lowest BCUT2D eigenvalue weighted by molar-refractivity contribution is -0.131. The fraction of sp³-hybridized carbons (Fsp3) is 0.933. The van der Waals surface area contributed by atoms with Crippen LogP contribution in [0, 0.1) is 11.3 Å². The van der Waals surface area contributed by atoms with Crippen LogP contribution in [0.25, 0.3) is 0 Å². The Morgan fingerprint density at radius 1 is 1.28 bits per heavy atom. The van der Waals surface area contributed by atoms with Crippen molar-refractivity contribution >= 4 is 5.91 Å². The van der Waals surface area contributed by atoms with Crippen LogP contribution in [0.3, 0.4) is 0 Å². The Morgan fingerprint density at radius 3 is 2.44 bits per heavy atom. The van der Waals surface area contributed by atoms with Gasteiger partial charge in [0.05, 0.1) is 0 Å². The molecule has 0 spiro atoms. The summed E-state index contributed by atoms with van der Waals surface area (Å²) in [6.07, 6.45) is 8.43. The minimum atomic E-state index is -0.0873. The monoisotopic (exact) mass is 255 g/mol. The number of aliphatic hydroxyl groups excluding tert-OH is 1. The van der Waals surface area contributed by atoms with Crippen molar-refractivity contribution in [1.29, 1.82) is 0 Å². The molecule has 0 saturated heterocycles. The summed E-state index contributed by atoms with van der Waals surface area (Å²) in [4.78, 5) is 12.3. The summed E-state index contributed by atoms with van der Waals surface area (Å²) in [6, 6.07) is 0. The lowest BCUT2D eigenvalue weighted by Crippen LogP contribution is -2.41. The Hall–Kier alpha value is -0.570. The van der Waals surface area contributed by atoms with Crippen LogP contribution in [0.15, 0.2) is 0 Å². The maximum absolute atomic E-state index is 12.3. The third-order valence-electron chi connectivity index (χ3n) is 4.50. The molecule has 1 rings (SSSR count). The predicted molar refractivity (Wildman–Crippen MR) is 74.3 cm³/mol. The van der Waals surface area contributed by atoms with E-state index in [1.54, 1.807) is 0 Å². The van der Waals surface area contributed by atoms with E-state index < -0.39 is 0 Å². The Bertz CT molecular complexity index is 241. The molecule has 0 aromatic carbocycles. The first-order chi connectivity index (χ1) is 8.68. The average Bonchev–Trinajstić information content (AvgIpc) is 2.86. The smallest absolute Gasteiger partial charge is 0.226 e. The standard InChI is InChI=1S/C15H29NO2/c1-3-7-13(8-11-17)12-16-14(18)15(4-2)9-5-6-10-15/h13,17H,3-12H2,1-2H3,(H,16,18). The van der Waals surface area contributed by atoms with Gasteiger partial charge in [-0.3, -0.25) is 4.79 Å². The van der Waals surface area contributed by atoms with Gasteiger partial charge in [0.25, 0.3) is 0 Å². The van der Waals surface area contributed by atoms with Crippen LogP contribution < -0.4 is 5.32 Å². The second kappa shape index (κ2) is 7.78. The van der Waals surface area contributed by atoms with Gasteiger partial charge in [-0.25, -0.2) is 0 Å². The second-order valence-corrected chi connectivity index (χ2v) is 5.72. The molecule has 2 N–H and O–H groups in total. The van der Waals surface area contributed by atoms with Crippen molar-refractivity contribution in [2.24, 2.45) is 11.3 Å².